The molecule has 0 amide bonds. The van der Waals surface area contributed by atoms with Gasteiger partial charge in [0.25, 0.3) is 0 Å². The minimum Gasteiger partial charge on any atom is -0.508 e. The lowest BCUT2D eigenvalue weighted by molar-refractivity contribution is 0.474. The highest BCUT2D eigenvalue weighted by molar-refractivity contribution is 5.57. The van der Waals surface area contributed by atoms with Gasteiger partial charge in [0.15, 0.2) is 0 Å². The average molecular weight is 230 g/mol. The molecule has 0 aliphatic heterocycles. The first-order valence-corrected chi connectivity index (χ1v) is 5.21. The van der Waals surface area contributed by atoms with E-state index < -0.39 is 0 Å². The minimum atomic E-state index is 0.160. The number of hydrogen-bond acceptors (Lipinski definition) is 4. The standard InChI is InChI=1S/C13H14N2O2/c14-12-3-1-10(16)6-8(12)5-9-7-11(17)2-4-13(9)15/h1-4,6-7,16-17H,5,14-15H2. The van der Waals surface area contributed by atoms with Crippen molar-refractivity contribution in [1.29, 1.82) is 0 Å². The number of phenols is 2. The van der Waals surface area contributed by atoms with Crippen molar-refractivity contribution >= 4 is 11.4 Å². The van der Waals surface area contributed by atoms with Crippen LogP contribution in [-0.4, -0.2) is 10.2 Å². The molecule has 4 heteroatoms. The largest absolute Gasteiger partial charge is 0.508 e. The zero-order valence-electron chi connectivity index (χ0n) is 9.22. The van der Waals surface area contributed by atoms with E-state index in [9.17, 15) is 10.2 Å². The van der Waals surface area contributed by atoms with E-state index in [0.29, 0.717) is 17.8 Å². The molecule has 0 bridgehead atoms. The number of rotatable bonds is 2. The van der Waals surface area contributed by atoms with Gasteiger partial charge in [-0.3, -0.25) is 0 Å². The van der Waals surface area contributed by atoms with Crippen LogP contribution < -0.4 is 11.5 Å². The maximum atomic E-state index is 9.40. The zero-order valence-corrected chi connectivity index (χ0v) is 9.22. The van der Waals surface area contributed by atoms with E-state index in [2.05, 4.69) is 0 Å². The Hall–Kier alpha value is -2.36. The Morgan fingerprint density at radius 3 is 1.59 bits per heavy atom. The number of nitrogen functional groups attached to an aromatic ring is 2. The third kappa shape index (κ3) is 2.42. The first kappa shape index (κ1) is 11.1. The first-order chi connectivity index (χ1) is 8.06. The molecule has 0 atom stereocenters. The fourth-order valence-corrected chi connectivity index (χ4v) is 1.70. The van der Waals surface area contributed by atoms with Gasteiger partial charge in [0, 0.05) is 17.8 Å². The van der Waals surface area contributed by atoms with Crippen LogP contribution in [0.1, 0.15) is 11.1 Å². The molecule has 2 rings (SSSR count). The predicted octanol–water partition coefficient (Wildman–Crippen LogP) is 1.85. The Morgan fingerprint density at radius 2 is 1.18 bits per heavy atom. The molecule has 0 aliphatic rings. The molecule has 4 nitrogen and oxygen atoms in total. The Bertz CT molecular complexity index is 504. The summed E-state index contributed by atoms with van der Waals surface area (Å²) in [4.78, 5) is 0. The molecular formula is C13H14N2O2. The lowest BCUT2D eigenvalue weighted by atomic mass is 10.0. The lowest BCUT2D eigenvalue weighted by Gasteiger charge is -2.09. The summed E-state index contributed by atoms with van der Waals surface area (Å²) < 4.78 is 0. The first-order valence-electron chi connectivity index (χ1n) is 5.21. The van der Waals surface area contributed by atoms with Crippen molar-refractivity contribution in [2.75, 3.05) is 11.5 Å². The molecule has 0 saturated heterocycles. The second-order valence-corrected chi connectivity index (χ2v) is 3.94. The number of aromatic hydroxyl groups is 2. The molecule has 17 heavy (non-hydrogen) atoms. The zero-order chi connectivity index (χ0) is 12.4. The summed E-state index contributed by atoms with van der Waals surface area (Å²) in [5.74, 6) is 0.320. The second-order valence-electron chi connectivity index (χ2n) is 3.94. The molecule has 0 spiro atoms. The van der Waals surface area contributed by atoms with Crippen molar-refractivity contribution in [3.8, 4) is 11.5 Å². The smallest absolute Gasteiger partial charge is 0.116 e. The van der Waals surface area contributed by atoms with Crippen molar-refractivity contribution < 1.29 is 10.2 Å². The summed E-state index contributed by atoms with van der Waals surface area (Å²) in [6, 6.07) is 9.54. The summed E-state index contributed by atoms with van der Waals surface area (Å²) in [5, 5.41) is 18.8. The van der Waals surface area contributed by atoms with Gasteiger partial charge < -0.3 is 21.7 Å². The molecule has 0 saturated carbocycles. The number of anilines is 2. The van der Waals surface area contributed by atoms with Crippen molar-refractivity contribution in [3.63, 3.8) is 0 Å². The van der Waals surface area contributed by atoms with E-state index in [1.807, 2.05) is 0 Å². The summed E-state index contributed by atoms with van der Waals surface area (Å²) in [7, 11) is 0. The van der Waals surface area contributed by atoms with Gasteiger partial charge in [0.05, 0.1) is 0 Å². The van der Waals surface area contributed by atoms with Crippen LogP contribution in [0.4, 0.5) is 11.4 Å². The molecule has 0 radical (unpaired) electrons. The topological polar surface area (TPSA) is 92.5 Å². The lowest BCUT2D eigenvalue weighted by Crippen LogP contribution is -1.99. The van der Waals surface area contributed by atoms with Crippen LogP contribution in [0, 0.1) is 0 Å². The van der Waals surface area contributed by atoms with Gasteiger partial charge in [0.1, 0.15) is 11.5 Å². The van der Waals surface area contributed by atoms with Crippen LogP contribution in [0.5, 0.6) is 11.5 Å². The van der Waals surface area contributed by atoms with Crippen LogP contribution in [0.25, 0.3) is 0 Å². The Balaban J connectivity index is 2.37. The highest BCUT2D eigenvalue weighted by Gasteiger charge is 2.06. The quantitative estimate of drug-likeness (QED) is 0.468. The molecule has 0 unspecified atom stereocenters. The SMILES string of the molecule is Nc1ccc(O)cc1Cc1cc(O)ccc1N. The third-order valence-corrected chi connectivity index (χ3v) is 2.63. The normalized spacial score (nSPS) is 10.4. The molecule has 0 fully saturated rings. The van der Waals surface area contributed by atoms with Crippen molar-refractivity contribution in [3.05, 3.63) is 47.5 Å². The van der Waals surface area contributed by atoms with Crippen LogP contribution in [0.15, 0.2) is 36.4 Å². The number of hydrogen-bond donors (Lipinski definition) is 4. The van der Waals surface area contributed by atoms with Crippen molar-refractivity contribution in [2.45, 2.75) is 6.42 Å². The molecule has 0 aromatic heterocycles. The summed E-state index contributed by atoms with van der Waals surface area (Å²) in [6.07, 6.45) is 0.473. The summed E-state index contributed by atoms with van der Waals surface area (Å²) >= 11 is 0. The maximum absolute atomic E-state index is 9.40. The molecule has 2 aromatic rings. The molecule has 0 heterocycles. The van der Waals surface area contributed by atoms with Gasteiger partial charge in [-0.15, -0.1) is 0 Å². The van der Waals surface area contributed by atoms with Gasteiger partial charge in [-0.2, -0.15) is 0 Å². The fourth-order valence-electron chi connectivity index (χ4n) is 1.70. The molecule has 88 valence electrons. The minimum absolute atomic E-state index is 0.160. The molecule has 6 N–H and O–H groups in total. The highest BCUT2D eigenvalue weighted by atomic mass is 16.3. The molecular weight excluding hydrogens is 216 g/mol. The van der Waals surface area contributed by atoms with E-state index in [0.717, 1.165) is 11.1 Å². The van der Waals surface area contributed by atoms with Gasteiger partial charge in [-0.1, -0.05) is 0 Å². The number of phenolic OH excluding ortho intramolecular Hbond substituents is 2. The van der Waals surface area contributed by atoms with E-state index in [1.165, 1.54) is 12.1 Å². The monoisotopic (exact) mass is 230 g/mol. The van der Waals surface area contributed by atoms with Crippen LogP contribution in [-0.2, 0) is 6.42 Å². The van der Waals surface area contributed by atoms with E-state index in [-0.39, 0.29) is 11.5 Å². The Morgan fingerprint density at radius 1 is 0.765 bits per heavy atom. The summed E-state index contributed by atoms with van der Waals surface area (Å²) in [6.45, 7) is 0. The van der Waals surface area contributed by atoms with E-state index >= 15 is 0 Å². The Labute approximate surface area is 99.1 Å². The average Bonchev–Trinajstić information content (AvgIpc) is 2.28. The fraction of sp³-hybridized carbons (Fsp3) is 0.0769. The third-order valence-electron chi connectivity index (χ3n) is 2.63. The van der Waals surface area contributed by atoms with Gasteiger partial charge in [0.2, 0.25) is 0 Å². The summed E-state index contributed by atoms with van der Waals surface area (Å²) in [5.41, 5.74) is 14.4. The van der Waals surface area contributed by atoms with Gasteiger partial charge in [-0.25, -0.2) is 0 Å². The van der Waals surface area contributed by atoms with Gasteiger partial charge >= 0.3 is 0 Å². The molecule has 2 aromatic carbocycles. The van der Waals surface area contributed by atoms with Crippen molar-refractivity contribution in [2.24, 2.45) is 0 Å². The second kappa shape index (κ2) is 4.25. The van der Waals surface area contributed by atoms with Crippen LogP contribution >= 0.6 is 0 Å². The number of nitrogens with two attached hydrogens (primary N) is 2. The van der Waals surface area contributed by atoms with E-state index in [1.54, 1.807) is 24.3 Å². The van der Waals surface area contributed by atoms with Crippen molar-refractivity contribution in [1.82, 2.24) is 0 Å². The van der Waals surface area contributed by atoms with Crippen LogP contribution in [0.2, 0.25) is 0 Å². The van der Waals surface area contributed by atoms with Crippen LogP contribution in [0.3, 0.4) is 0 Å². The molecule has 0 aliphatic carbocycles. The predicted molar refractivity (Wildman–Crippen MR) is 67.8 cm³/mol. The highest BCUT2D eigenvalue weighted by Crippen LogP contribution is 2.26. The van der Waals surface area contributed by atoms with E-state index in [4.69, 9.17) is 11.5 Å². The maximum Gasteiger partial charge on any atom is 0.116 e. The number of benzene rings is 2. The van der Waals surface area contributed by atoms with Gasteiger partial charge in [-0.05, 0) is 47.5 Å². The Kier molecular flexibility index (Phi) is 2.78.